The van der Waals surface area contributed by atoms with Crippen LogP contribution in [0.3, 0.4) is 0 Å². The lowest BCUT2D eigenvalue weighted by molar-refractivity contribution is 0.816. The lowest BCUT2D eigenvalue weighted by atomic mass is 9.93. The quantitative estimate of drug-likeness (QED) is 0.273. The van der Waals surface area contributed by atoms with Gasteiger partial charge in [0.15, 0.2) is 17.5 Å². The van der Waals surface area contributed by atoms with E-state index in [-0.39, 0.29) is 6.04 Å². The van der Waals surface area contributed by atoms with Crippen LogP contribution in [0.5, 0.6) is 0 Å². The molecule has 0 saturated heterocycles. The van der Waals surface area contributed by atoms with Crippen molar-refractivity contribution < 1.29 is 0 Å². The third-order valence-electron chi connectivity index (χ3n) is 7.38. The summed E-state index contributed by atoms with van der Waals surface area (Å²) >= 11 is 0. The average Bonchev–Trinajstić information content (AvgIpc) is 3.30. The summed E-state index contributed by atoms with van der Waals surface area (Å²) in [5.41, 5.74) is 9.50. The second-order valence-corrected chi connectivity index (χ2v) is 10.1. The zero-order valence-corrected chi connectivity index (χ0v) is 22.1. The van der Waals surface area contributed by atoms with Crippen molar-refractivity contribution in [2.45, 2.75) is 26.8 Å². The highest BCUT2D eigenvalue weighted by atomic mass is 15.4. The first-order valence-corrected chi connectivity index (χ1v) is 13.2. The minimum Gasteiger partial charge on any atom is -0.335 e. The van der Waals surface area contributed by atoms with Crippen molar-refractivity contribution in [2.24, 2.45) is 9.98 Å². The van der Waals surface area contributed by atoms with Crippen LogP contribution < -0.4 is 10.2 Å². The summed E-state index contributed by atoms with van der Waals surface area (Å²) in [6, 6.07) is 35.4. The SMILES string of the molecule is Cc1ccc(N=C2Nc3ccccc3N3C2=Nc2c(c(C)nn2-c2ccccc2)[C@@H]3c2ccccc2)c(C)c1. The van der Waals surface area contributed by atoms with Crippen LogP contribution in [-0.2, 0) is 0 Å². The van der Waals surface area contributed by atoms with Gasteiger partial charge in [-0.1, -0.05) is 78.4 Å². The van der Waals surface area contributed by atoms with Crippen molar-refractivity contribution in [3.05, 3.63) is 131 Å². The molecule has 1 aromatic heterocycles. The summed E-state index contributed by atoms with van der Waals surface area (Å²) in [5.74, 6) is 2.31. The Bertz CT molecular complexity index is 1770. The van der Waals surface area contributed by atoms with E-state index in [1.165, 1.54) is 11.1 Å². The summed E-state index contributed by atoms with van der Waals surface area (Å²) in [5, 5.41) is 8.61. The van der Waals surface area contributed by atoms with Crippen LogP contribution in [0.25, 0.3) is 5.69 Å². The molecule has 39 heavy (non-hydrogen) atoms. The van der Waals surface area contributed by atoms with Crippen molar-refractivity contribution in [3.8, 4) is 5.69 Å². The van der Waals surface area contributed by atoms with Crippen molar-refractivity contribution in [2.75, 3.05) is 10.2 Å². The molecule has 4 aromatic carbocycles. The molecule has 6 heteroatoms. The van der Waals surface area contributed by atoms with E-state index in [0.29, 0.717) is 5.84 Å². The van der Waals surface area contributed by atoms with Gasteiger partial charge in [0.2, 0.25) is 0 Å². The standard InChI is InChI=1S/C33H28N6/c1-21-18-19-26(22(2)20-21)34-31-33-36-32-29(23(3)37-39(32)25-14-8-5-9-15-25)30(24-12-6-4-7-13-24)38(33)28-17-11-10-16-27(28)35-31/h4-20,30H,1-3H3,(H,34,35)/t30-/m0/s1. The summed E-state index contributed by atoms with van der Waals surface area (Å²) < 4.78 is 1.96. The number of aromatic nitrogens is 2. The number of rotatable bonds is 3. The zero-order chi connectivity index (χ0) is 26.5. The number of benzene rings is 4. The van der Waals surface area contributed by atoms with Gasteiger partial charge in [-0.05, 0) is 62.2 Å². The predicted molar refractivity (Wildman–Crippen MR) is 159 cm³/mol. The highest BCUT2D eigenvalue weighted by Gasteiger charge is 2.41. The van der Waals surface area contributed by atoms with E-state index in [1.54, 1.807) is 0 Å². The Kier molecular flexibility index (Phi) is 5.40. The summed E-state index contributed by atoms with van der Waals surface area (Å²) in [4.78, 5) is 12.8. The Morgan fingerprint density at radius 2 is 1.51 bits per heavy atom. The molecule has 5 aromatic rings. The molecule has 6 nitrogen and oxygen atoms in total. The van der Waals surface area contributed by atoms with Crippen LogP contribution in [0.2, 0.25) is 0 Å². The molecule has 0 radical (unpaired) electrons. The molecule has 0 unspecified atom stereocenters. The second-order valence-electron chi connectivity index (χ2n) is 10.1. The van der Waals surface area contributed by atoms with Crippen molar-refractivity contribution in [1.82, 2.24) is 9.78 Å². The number of nitrogens with one attached hydrogen (secondary N) is 1. The second kappa shape index (κ2) is 9.10. The Labute approximate surface area is 228 Å². The van der Waals surface area contributed by atoms with E-state index in [9.17, 15) is 0 Å². The molecule has 0 bridgehead atoms. The minimum absolute atomic E-state index is 0.126. The van der Waals surface area contributed by atoms with Gasteiger partial charge < -0.3 is 10.2 Å². The number of aryl methyl sites for hydroxylation is 3. The van der Waals surface area contributed by atoms with E-state index >= 15 is 0 Å². The maximum atomic E-state index is 5.31. The van der Waals surface area contributed by atoms with Crippen molar-refractivity contribution in [1.29, 1.82) is 0 Å². The molecule has 0 saturated carbocycles. The molecule has 1 atom stereocenters. The van der Waals surface area contributed by atoms with Crippen molar-refractivity contribution in [3.63, 3.8) is 0 Å². The highest BCUT2D eigenvalue weighted by molar-refractivity contribution is 6.52. The maximum Gasteiger partial charge on any atom is 0.179 e. The van der Waals surface area contributed by atoms with Gasteiger partial charge in [0.25, 0.3) is 0 Å². The molecule has 3 heterocycles. The lowest BCUT2D eigenvalue weighted by Gasteiger charge is -2.41. The van der Waals surface area contributed by atoms with Gasteiger partial charge in [-0.15, -0.1) is 0 Å². The van der Waals surface area contributed by atoms with E-state index < -0.39 is 0 Å². The molecular formula is C33H28N6. The molecule has 0 amide bonds. The Morgan fingerprint density at radius 3 is 2.28 bits per heavy atom. The van der Waals surface area contributed by atoms with E-state index in [1.807, 2.05) is 28.9 Å². The monoisotopic (exact) mass is 508 g/mol. The molecule has 7 rings (SSSR count). The normalized spacial score (nSPS) is 16.7. The van der Waals surface area contributed by atoms with Gasteiger partial charge in [0.1, 0.15) is 0 Å². The zero-order valence-electron chi connectivity index (χ0n) is 22.1. The largest absolute Gasteiger partial charge is 0.335 e. The molecule has 1 N–H and O–H groups in total. The van der Waals surface area contributed by atoms with Crippen LogP contribution in [0.4, 0.5) is 22.9 Å². The Hall–Kier alpha value is -4.97. The first-order valence-electron chi connectivity index (χ1n) is 13.2. The summed E-state index contributed by atoms with van der Waals surface area (Å²) in [7, 11) is 0. The fraction of sp³-hybridized carbons (Fsp3) is 0.121. The first-order chi connectivity index (χ1) is 19.1. The van der Waals surface area contributed by atoms with Gasteiger partial charge in [-0.25, -0.2) is 14.7 Å². The first kappa shape index (κ1) is 23.2. The van der Waals surface area contributed by atoms with Crippen molar-refractivity contribution >= 4 is 34.6 Å². The van der Waals surface area contributed by atoms with E-state index in [0.717, 1.165) is 51.2 Å². The molecule has 0 spiro atoms. The number of hydrogen-bond acceptors (Lipinski definition) is 4. The van der Waals surface area contributed by atoms with Gasteiger partial charge in [-0.2, -0.15) is 5.10 Å². The molecule has 2 aliphatic rings. The fourth-order valence-electron chi connectivity index (χ4n) is 5.58. The van der Waals surface area contributed by atoms with Crippen LogP contribution in [-0.4, -0.2) is 21.5 Å². The molecule has 190 valence electrons. The van der Waals surface area contributed by atoms with Crippen LogP contribution in [0.1, 0.15) is 34.0 Å². The van der Waals surface area contributed by atoms with Gasteiger partial charge in [0, 0.05) is 5.56 Å². The minimum atomic E-state index is -0.126. The Morgan fingerprint density at radius 1 is 0.795 bits per heavy atom. The Balaban J connectivity index is 1.53. The fourth-order valence-corrected chi connectivity index (χ4v) is 5.58. The predicted octanol–water partition coefficient (Wildman–Crippen LogP) is 7.59. The highest BCUT2D eigenvalue weighted by Crippen LogP contribution is 2.47. The maximum absolute atomic E-state index is 5.31. The molecular weight excluding hydrogens is 480 g/mol. The van der Waals surface area contributed by atoms with E-state index in [4.69, 9.17) is 15.1 Å². The average molecular weight is 509 g/mol. The topological polar surface area (TPSA) is 57.8 Å². The summed E-state index contributed by atoms with van der Waals surface area (Å²) in [6.45, 7) is 6.28. The number of fused-ring (bicyclic) bond motifs is 4. The van der Waals surface area contributed by atoms with Gasteiger partial charge in [0.05, 0.1) is 34.5 Å². The van der Waals surface area contributed by atoms with Crippen LogP contribution >= 0.6 is 0 Å². The molecule has 0 fully saturated rings. The van der Waals surface area contributed by atoms with Crippen LogP contribution in [0, 0.1) is 20.8 Å². The number of para-hydroxylation sites is 3. The third kappa shape index (κ3) is 3.84. The number of hydrogen-bond donors (Lipinski definition) is 1. The third-order valence-corrected chi connectivity index (χ3v) is 7.38. The number of amidine groups is 2. The summed E-state index contributed by atoms with van der Waals surface area (Å²) in [6.07, 6.45) is 0. The van der Waals surface area contributed by atoms with E-state index in [2.05, 4.69) is 110 Å². The number of nitrogens with zero attached hydrogens (tertiary/aromatic N) is 5. The smallest absolute Gasteiger partial charge is 0.179 e. The van der Waals surface area contributed by atoms with Crippen LogP contribution in [0.15, 0.2) is 113 Å². The lowest BCUT2D eigenvalue weighted by Crippen LogP contribution is -2.48. The van der Waals surface area contributed by atoms with Gasteiger partial charge in [-0.3, -0.25) is 0 Å². The molecule has 2 aliphatic heterocycles. The van der Waals surface area contributed by atoms with Gasteiger partial charge >= 0.3 is 0 Å². The number of aliphatic imine (C=N–C) groups is 2. The number of anilines is 2. The molecule has 0 aliphatic carbocycles.